The second-order valence-electron chi connectivity index (χ2n) is 6.81. The largest absolute Gasteiger partial charge is 0.349 e. The van der Waals surface area contributed by atoms with Gasteiger partial charge < -0.3 is 5.32 Å². The Morgan fingerprint density at radius 3 is 2.08 bits per heavy atom. The minimum absolute atomic E-state index is 0.0628. The SMILES string of the molecule is CC(C)[C@H](C)NC(=O)c1ccc(N(Cc2ccccc2)S(C)(=O)=O)cc1. The van der Waals surface area contributed by atoms with Gasteiger partial charge in [0.1, 0.15) is 0 Å². The van der Waals surface area contributed by atoms with Gasteiger partial charge >= 0.3 is 0 Å². The van der Waals surface area contributed by atoms with Crippen LogP contribution in [0.4, 0.5) is 5.69 Å². The van der Waals surface area contributed by atoms with Crippen molar-refractivity contribution < 1.29 is 13.2 Å². The lowest BCUT2D eigenvalue weighted by Gasteiger charge is -2.23. The van der Waals surface area contributed by atoms with E-state index in [9.17, 15) is 13.2 Å². The van der Waals surface area contributed by atoms with Crippen molar-refractivity contribution in [1.82, 2.24) is 5.32 Å². The number of carbonyl (C=O) groups is 1. The second-order valence-corrected chi connectivity index (χ2v) is 8.72. The summed E-state index contributed by atoms with van der Waals surface area (Å²) in [5, 5.41) is 2.94. The number of nitrogens with one attached hydrogen (secondary N) is 1. The average molecular weight is 375 g/mol. The van der Waals surface area contributed by atoms with Crippen LogP contribution in [0.5, 0.6) is 0 Å². The smallest absolute Gasteiger partial charge is 0.251 e. The zero-order chi connectivity index (χ0) is 19.3. The van der Waals surface area contributed by atoms with E-state index >= 15 is 0 Å². The van der Waals surface area contributed by atoms with Gasteiger partial charge in [-0.05, 0) is 42.7 Å². The molecule has 2 aromatic rings. The number of hydrogen-bond acceptors (Lipinski definition) is 3. The molecule has 1 amide bonds. The first-order valence-corrected chi connectivity index (χ1v) is 10.5. The number of carbonyl (C=O) groups excluding carboxylic acids is 1. The van der Waals surface area contributed by atoms with E-state index in [2.05, 4.69) is 5.32 Å². The van der Waals surface area contributed by atoms with Gasteiger partial charge in [0, 0.05) is 11.6 Å². The van der Waals surface area contributed by atoms with E-state index in [4.69, 9.17) is 0 Å². The highest BCUT2D eigenvalue weighted by Crippen LogP contribution is 2.21. The molecule has 1 N–H and O–H groups in total. The van der Waals surface area contributed by atoms with Crippen LogP contribution < -0.4 is 9.62 Å². The number of rotatable bonds is 7. The molecule has 0 radical (unpaired) electrons. The Kier molecular flexibility index (Phi) is 6.42. The first-order chi connectivity index (χ1) is 12.2. The number of hydrogen-bond donors (Lipinski definition) is 1. The highest BCUT2D eigenvalue weighted by atomic mass is 32.2. The minimum atomic E-state index is -3.45. The predicted octanol–water partition coefficient (Wildman–Crippen LogP) is 3.43. The van der Waals surface area contributed by atoms with Crippen molar-refractivity contribution in [1.29, 1.82) is 0 Å². The second kappa shape index (κ2) is 8.36. The topological polar surface area (TPSA) is 66.5 Å². The van der Waals surface area contributed by atoms with E-state index < -0.39 is 10.0 Å². The lowest BCUT2D eigenvalue weighted by Crippen LogP contribution is -2.36. The Hall–Kier alpha value is -2.34. The lowest BCUT2D eigenvalue weighted by atomic mass is 10.1. The van der Waals surface area contributed by atoms with Crippen molar-refractivity contribution >= 4 is 21.6 Å². The zero-order valence-electron chi connectivity index (χ0n) is 15.6. The summed E-state index contributed by atoms with van der Waals surface area (Å²) in [7, 11) is -3.45. The summed E-state index contributed by atoms with van der Waals surface area (Å²) in [6.07, 6.45) is 1.18. The fourth-order valence-corrected chi connectivity index (χ4v) is 3.27. The number of anilines is 1. The third-order valence-electron chi connectivity index (χ3n) is 4.35. The van der Waals surface area contributed by atoms with Gasteiger partial charge in [-0.1, -0.05) is 44.2 Å². The molecule has 0 unspecified atom stereocenters. The van der Waals surface area contributed by atoms with Crippen LogP contribution in [0.1, 0.15) is 36.7 Å². The lowest BCUT2D eigenvalue weighted by molar-refractivity contribution is 0.0930. The Labute approximate surface area is 156 Å². The van der Waals surface area contributed by atoms with E-state index in [0.29, 0.717) is 17.2 Å². The van der Waals surface area contributed by atoms with Crippen molar-refractivity contribution in [3.63, 3.8) is 0 Å². The van der Waals surface area contributed by atoms with Crippen LogP contribution in [-0.4, -0.2) is 26.6 Å². The van der Waals surface area contributed by atoms with Gasteiger partial charge in [0.05, 0.1) is 18.5 Å². The highest BCUT2D eigenvalue weighted by Gasteiger charge is 2.19. The van der Waals surface area contributed by atoms with Crippen LogP contribution in [0.15, 0.2) is 54.6 Å². The molecule has 0 aliphatic rings. The summed E-state index contributed by atoms with van der Waals surface area (Å²) in [4.78, 5) is 12.3. The Balaban J connectivity index is 2.21. The molecular formula is C20H26N2O3S. The average Bonchev–Trinajstić information content (AvgIpc) is 2.59. The van der Waals surface area contributed by atoms with Gasteiger partial charge in [-0.25, -0.2) is 8.42 Å². The molecule has 0 saturated carbocycles. The molecule has 0 aromatic heterocycles. The molecule has 2 aromatic carbocycles. The summed E-state index contributed by atoms with van der Waals surface area (Å²) in [6, 6.07) is 16.1. The van der Waals surface area contributed by atoms with E-state index in [1.54, 1.807) is 24.3 Å². The van der Waals surface area contributed by atoms with E-state index in [1.165, 1.54) is 10.6 Å². The quantitative estimate of drug-likeness (QED) is 0.807. The molecule has 0 aliphatic heterocycles. The maximum Gasteiger partial charge on any atom is 0.251 e. The fourth-order valence-electron chi connectivity index (χ4n) is 2.39. The molecule has 0 heterocycles. The van der Waals surface area contributed by atoms with Crippen molar-refractivity contribution in [2.45, 2.75) is 33.4 Å². The summed E-state index contributed by atoms with van der Waals surface area (Å²) < 4.78 is 25.8. The molecule has 0 bridgehead atoms. The first-order valence-electron chi connectivity index (χ1n) is 8.61. The monoisotopic (exact) mass is 374 g/mol. The fraction of sp³-hybridized carbons (Fsp3) is 0.350. The zero-order valence-corrected chi connectivity index (χ0v) is 16.5. The molecule has 0 spiro atoms. The molecular weight excluding hydrogens is 348 g/mol. The molecule has 2 rings (SSSR count). The van der Waals surface area contributed by atoms with Crippen molar-refractivity contribution in [2.75, 3.05) is 10.6 Å². The molecule has 140 valence electrons. The highest BCUT2D eigenvalue weighted by molar-refractivity contribution is 7.92. The molecule has 5 nitrogen and oxygen atoms in total. The molecule has 0 fully saturated rings. The van der Waals surface area contributed by atoms with E-state index in [1.807, 2.05) is 51.1 Å². The van der Waals surface area contributed by atoms with Crippen LogP contribution in [0, 0.1) is 5.92 Å². The van der Waals surface area contributed by atoms with Gasteiger partial charge in [-0.15, -0.1) is 0 Å². The number of sulfonamides is 1. The van der Waals surface area contributed by atoms with Gasteiger partial charge in [0.2, 0.25) is 10.0 Å². The molecule has 6 heteroatoms. The van der Waals surface area contributed by atoms with Crippen LogP contribution >= 0.6 is 0 Å². The van der Waals surface area contributed by atoms with Gasteiger partial charge in [-0.2, -0.15) is 0 Å². The van der Waals surface area contributed by atoms with Crippen molar-refractivity contribution in [3.05, 3.63) is 65.7 Å². The van der Waals surface area contributed by atoms with Crippen molar-refractivity contribution in [2.24, 2.45) is 5.92 Å². The Morgan fingerprint density at radius 2 is 1.58 bits per heavy atom. The van der Waals surface area contributed by atoms with Crippen LogP contribution in [0.3, 0.4) is 0 Å². The molecule has 0 saturated heterocycles. The van der Waals surface area contributed by atoms with Gasteiger partial charge in [0.25, 0.3) is 5.91 Å². The number of nitrogens with zero attached hydrogens (tertiary/aromatic N) is 1. The Morgan fingerprint density at radius 1 is 1.00 bits per heavy atom. The summed E-state index contributed by atoms with van der Waals surface area (Å²) in [5.41, 5.74) is 1.93. The third kappa shape index (κ3) is 5.33. The van der Waals surface area contributed by atoms with Gasteiger partial charge in [0.15, 0.2) is 0 Å². The maximum absolute atomic E-state index is 12.3. The number of benzene rings is 2. The summed E-state index contributed by atoms with van der Waals surface area (Å²) >= 11 is 0. The van der Waals surface area contributed by atoms with E-state index in [-0.39, 0.29) is 18.5 Å². The third-order valence-corrected chi connectivity index (χ3v) is 5.49. The normalized spacial score (nSPS) is 12.7. The van der Waals surface area contributed by atoms with Crippen LogP contribution in [-0.2, 0) is 16.6 Å². The number of amides is 1. The van der Waals surface area contributed by atoms with Crippen molar-refractivity contribution in [3.8, 4) is 0 Å². The van der Waals surface area contributed by atoms with Gasteiger partial charge in [-0.3, -0.25) is 9.10 Å². The van der Waals surface area contributed by atoms with E-state index in [0.717, 1.165) is 5.56 Å². The predicted molar refractivity (Wildman–Crippen MR) is 106 cm³/mol. The Bertz CT molecular complexity index is 831. The molecule has 0 aliphatic carbocycles. The summed E-state index contributed by atoms with van der Waals surface area (Å²) in [5.74, 6) is 0.177. The standard InChI is InChI=1S/C20H26N2O3S/c1-15(2)16(3)21-20(23)18-10-12-19(13-11-18)22(26(4,24)25)14-17-8-6-5-7-9-17/h5-13,15-16H,14H2,1-4H3,(H,21,23)/t16-/m0/s1. The van der Waals surface area contributed by atoms with Crippen LogP contribution in [0.2, 0.25) is 0 Å². The molecule has 26 heavy (non-hydrogen) atoms. The summed E-state index contributed by atoms with van der Waals surface area (Å²) in [6.45, 7) is 6.29. The minimum Gasteiger partial charge on any atom is -0.349 e. The molecule has 1 atom stereocenters. The van der Waals surface area contributed by atoms with Crippen LogP contribution in [0.25, 0.3) is 0 Å². The maximum atomic E-state index is 12.3. The first kappa shape index (κ1) is 20.0.